The lowest BCUT2D eigenvalue weighted by atomic mass is 10.0. The summed E-state index contributed by atoms with van der Waals surface area (Å²) in [5, 5.41) is 14.2. The molecule has 3 N–H and O–H groups in total. The molecular weight excluding hydrogens is 370 g/mol. The number of nitrogens with zero attached hydrogens (tertiary/aromatic N) is 1. The van der Waals surface area contributed by atoms with E-state index in [2.05, 4.69) is 10.6 Å². The fourth-order valence-electron chi connectivity index (χ4n) is 3.51. The van der Waals surface area contributed by atoms with Gasteiger partial charge in [-0.05, 0) is 25.2 Å². The van der Waals surface area contributed by atoms with Crippen molar-refractivity contribution in [1.82, 2.24) is 15.5 Å². The standard InChI is InChI=1S/C18H29N3O5S/c1-11(2)7-13(18(25)26)20-15(22)8-19-16(23)14-9-27-10-21(14)17(24)12-5-3-4-6-12/h11-14H,3-10H2,1-2H3,(H,19,23)(H,20,22)(H,25,26)/t13-,14?/m0/s1. The summed E-state index contributed by atoms with van der Waals surface area (Å²) in [5.74, 6) is -0.838. The van der Waals surface area contributed by atoms with Crippen molar-refractivity contribution in [1.29, 1.82) is 0 Å². The number of hydrogen-bond donors (Lipinski definition) is 3. The summed E-state index contributed by atoms with van der Waals surface area (Å²) in [5.41, 5.74) is 0. The van der Waals surface area contributed by atoms with E-state index in [0.29, 0.717) is 18.1 Å². The van der Waals surface area contributed by atoms with Gasteiger partial charge in [-0.2, -0.15) is 0 Å². The molecule has 0 aromatic rings. The Bertz CT molecular complexity index is 577. The number of rotatable bonds is 8. The summed E-state index contributed by atoms with van der Waals surface area (Å²) in [6.07, 6.45) is 4.18. The van der Waals surface area contributed by atoms with Gasteiger partial charge in [-0.1, -0.05) is 26.7 Å². The molecule has 1 aliphatic carbocycles. The minimum atomic E-state index is -1.09. The van der Waals surface area contributed by atoms with Gasteiger partial charge in [0.1, 0.15) is 12.1 Å². The predicted molar refractivity (Wildman–Crippen MR) is 102 cm³/mol. The third kappa shape index (κ3) is 6.12. The summed E-state index contributed by atoms with van der Waals surface area (Å²) in [6.45, 7) is 3.45. The molecule has 0 spiro atoms. The first kappa shape index (κ1) is 21.5. The lowest BCUT2D eigenvalue weighted by Gasteiger charge is -2.25. The van der Waals surface area contributed by atoms with Crippen LogP contribution in [0, 0.1) is 11.8 Å². The number of nitrogens with one attached hydrogen (secondary N) is 2. The Morgan fingerprint density at radius 3 is 2.44 bits per heavy atom. The van der Waals surface area contributed by atoms with Crippen molar-refractivity contribution in [2.24, 2.45) is 11.8 Å². The Hall–Kier alpha value is -1.77. The molecule has 2 aliphatic rings. The van der Waals surface area contributed by atoms with Crippen molar-refractivity contribution in [2.75, 3.05) is 18.2 Å². The van der Waals surface area contributed by atoms with Crippen molar-refractivity contribution in [2.45, 2.75) is 58.0 Å². The SMILES string of the molecule is CC(C)C[C@H](NC(=O)CNC(=O)C1CSCN1C(=O)C1CCCC1)C(=O)O. The zero-order valence-electron chi connectivity index (χ0n) is 15.9. The first-order chi connectivity index (χ1) is 12.8. The van der Waals surface area contributed by atoms with Gasteiger partial charge < -0.3 is 20.6 Å². The smallest absolute Gasteiger partial charge is 0.326 e. The fraction of sp³-hybridized carbons (Fsp3) is 0.778. The molecule has 0 bridgehead atoms. The molecule has 0 aromatic carbocycles. The third-order valence-corrected chi connectivity index (χ3v) is 5.95. The number of carbonyl (C=O) groups is 4. The summed E-state index contributed by atoms with van der Waals surface area (Å²) in [7, 11) is 0. The van der Waals surface area contributed by atoms with Gasteiger partial charge in [-0.15, -0.1) is 11.8 Å². The topological polar surface area (TPSA) is 116 Å². The molecule has 2 fully saturated rings. The number of carboxylic acid groups (broad SMARTS) is 1. The number of carbonyl (C=O) groups excluding carboxylic acids is 3. The normalized spacial score (nSPS) is 21.3. The first-order valence-corrected chi connectivity index (χ1v) is 10.6. The Morgan fingerprint density at radius 2 is 1.85 bits per heavy atom. The van der Waals surface area contributed by atoms with Crippen molar-refractivity contribution in [3.05, 3.63) is 0 Å². The van der Waals surface area contributed by atoms with E-state index in [0.717, 1.165) is 25.7 Å². The highest BCUT2D eigenvalue weighted by Crippen LogP contribution is 2.30. The van der Waals surface area contributed by atoms with Crippen LogP contribution in [0.15, 0.2) is 0 Å². The van der Waals surface area contributed by atoms with E-state index in [1.54, 1.807) is 4.90 Å². The zero-order chi connectivity index (χ0) is 20.0. The number of aliphatic carboxylic acids is 1. The van der Waals surface area contributed by atoms with Gasteiger partial charge in [0.05, 0.1) is 12.4 Å². The van der Waals surface area contributed by atoms with Crippen LogP contribution in [0.2, 0.25) is 0 Å². The van der Waals surface area contributed by atoms with Crippen LogP contribution in [0.5, 0.6) is 0 Å². The highest BCUT2D eigenvalue weighted by Gasteiger charge is 2.38. The van der Waals surface area contributed by atoms with Crippen LogP contribution in [-0.2, 0) is 19.2 Å². The van der Waals surface area contributed by atoms with Crippen LogP contribution in [-0.4, -0.2) is 64.0 Å². The highest BCUT2D eigenvalue weighted by molar-refractivity contribution is 7.99. The summed E-state index contributed by atoms with van der Waals surface area (Å²) in [4.78, 5) is 49.9. The molecule has 1 aliphatic heterocycles. The highest BCUT2D eigenvalue weighted by atomic mass is 32.2. The van der Waals surface area contributed by atoms with Gasteiger partial charge in [0.15, 0.2) is 0 Å². The van der Waals surface area contributed by atoms with Crippen molar-refractivity contribution in [3.63, 3.8) is 0 Å². The average molecular weight is 400 g/mol. The number of carboxylic acids is 1. The van der Waals surface area contributed by atoms with Gasteiger partial charge in [0.25, 0.3) is 0 Å². The van der Waals surface area contributed by atoms with Crippen LogP contribution in [0.25, 0.3) is 0 Å². The molecule has 152 valence electrons. The largest absolute Gasteiger partial charge is 0.480 e. The number of hydrogen-bond acceptors (Lipinski definition) is 5. The summed E-state index contributed by atoms with van der Waals surface area (Å²) in [6, 6.07) is -1.54. The molecule has 1 saturated carbocycles. The molecule has 1 heterocycles. The molecule has 0 aromatic heterocycles. The zero-order valence-corrected chi connectivity index (χ0v) is 16.7. The summed E-state index contributed by atoms with van der Waals surface area (Å²) >= 11 is 1.53. The van der Waals surface area contributed by atoms with Crippen LogP contribution >= 0.6 is 11.8 Å². The number of amides is 3. The molecular formula is C18H29N3O5S. The van der Waals surface area contributed by atoms with Gasteiger partial charge >= 0.3 is 5.97 Å². The van der Waals surface area contributed by atoms with E-state index in [9.17, 15) is 24.3 Å². The van der Waals surface area contributed by atoms with Crippen LogP contribution in [0.3, 0.4) is 0 Å². The lowest BCUT2D eigenvalue weighted by Crippen LogP contribution is -2.51. The van der Waals surface area contributed by atoms with Gasteiger partial charge in [0.2, 0.25) is 17.7 Å². The van der Waals surface area contributed by atoms with E-state index in [-0.39, 0.29) is 30.2 Å². The molecule has 3 amide bonds. The average Bonchev–Trinajstić information content (AvgIpc) is 3.29. The Kier molecular flexibility index (Phi) is 7.94. The van der Waals surface area contributed by atoms with Gasteiger partial charge in [-0.3, -0.25) is 14.4 Å². The molecule has 8 nitrogen and oxygen atoms in total. The van der Waals surface area contributed by atoms with Crippen LogP contribution in [0.4, 0.5) is 0 Å². The maximum absolute atomic E-state index is 12.6. The Labute approximate surface area is 163 Å². The second kappa shape index (κ2) is 9.96. The number of thioether (sulfide) groups is 1. The molecule has 1 saturated heterocycles. The van der Waals surface area contributed by atoms with E-state index in [1.807, 2.05) is 13.8 Å². The molecule has 0 radical (unpaired) electrons. The van der Waals surface area contributed by atoms with Crippen molar-refractivity contribution < 1.29 is 24.3 Å². The molecule has 27 heavy (non-hydrogen) atoms. The fourth-order valence-corrected chi connectivity index (χ4v) is 4.67. The van der Waals surface area contributed by atoms with Crippen molar-refractivity contribution in [3.8, 4) is 0 Å². The van der Waals surface area contributed by atoms with E-state index in [1.165, 1.54) is 11.8 Å². The molecule has 1 unspecified atom stereocenters. The first-order valence-electron chi connectivity index (χ1n) is 9.47. The maximum Gasteiger partial charge on any atom is 0.326 e. The van der Waals surface area contributed by atoms with Crippen LogP contribution in [0.1, 0.15) is 46.0 Å². The molecule has 9 heteroatoms. The summed E-state index contributed by atoms with van der Waals surface area (Å²) < 4.78 is 0. The van der Waals surface area contributed by atoms with Gasteiger partial charge in [-0.25, -0.2) is 4.79 Å². The maximum atomic E-state index is 12.6. The van der Waals surface area contributed by atoms with E-state index in [4.69, 9.17) is 0 Å². The van der Waals surface area contributed by atoms with Crippen molar-refractivity contribution >= 4 is 35.5 Å². The van der Waals surface area contributed by atoms with Crippen LogP contribution < -0.4 is 10.6 Å². The lowest BCUT2D eigenvalue weighted by molar-refractivity contribution is -0.143. The monoisotopic (exact) mass is 399 g/mol. The van der Waals surface area contributed by atoms with Gasteiger partial charge in [0, 0.05) is 11.7 Å². The third-order valence-electron chi connectivity index (χ3n) is 4.94. The Balaban J connectivity index is 1.83. The van der Waals surface area contributed by atoms with E-state index < -0.39 is 24.0 Å². The molecule has 2 atom stereocenters. The minimum Gasteiger partial charge on any atom is -0.480 e. The second-order valence-electron chi connectivity index (χ2n) is 7.61. The quantitative estimate of drug-likeness (QED) is 0.556. The second-order valence-corrected chi connectivity index (χ2v) is 8.61. The minimum absolute atomic E-state index is 0.00894. The molecule has 2 rings (SSSR count). The van der Waals surface area contributed by atoms with E-state index >= 15 is 0 Å². The Morgan fingerprint density at radius 1 is 1.19 bits per heavy atom. The predicted octanol–water partition coefficient (Wildman–Crippen LogP) is 0.810.